The summed E-state index contributed by atoms with van der Waals surface area (Å²) in [5.74, 6) is -1.24. The van der Waals surface area contributed by atoms with Gasteiger partial charge in [0.2, 0.25) is 0 Å². The molecule has 1 aliphatic rings. The average Bonchev–Trinajstić information content (AvgIpc) is 3.05. The Balaban J connectivity index is 1.78. The highest BCUT2D eigenvalue weighted by Gasteiger charge is 2.36. The van der Waals surface area contributed by atoms with Crippen LogP contribution in [-0.4, -0.2) is 29.8 Å². The zero-order valence-corrected chi connectivity index (χ0v) is 16.5. The predicted molar refractivity (Wildman–Crippen MR) is 109 cm³/mol. The van der Waals surface area contributed by atoms with Crippen LogP contribution in [0, 0.1) is 6.92 Å². The van der Waals surface area contributed by atoms with Gasteiger partial charge in [0.25, 0.3) is 5.91 Å². The highest BCUT2D eigenvalue weighted by molar-refractivity contribution is 6.15. The van der Waals surface area contributed by atoms with Gasteiger partial charge in [0.05, 0.1) is 18.5 Å². The maximum atomic E-state index is 13.2. The van der Waals surface area contributed by atoms with Crippen LogP contribution in [0.1, 0.15) is 27.0 Å². The quantitative estimate of drug-likeness (QED) is 0.628. The lowest BCUT2D eigenvalue weighted by Crippen LogP contribution is -2.23. The first-order valence-electron chi connectivity index (χ1n) is 9.52. The summed E-state index contributed by atoms with van der Waals surface area (Å²) in [4.78, 5) is 25.6. The molecular formula is C23H18F3NO4. The molecule has 3 aromatic carbocycles. The smallest absolute Gasteiger partial charge is 0.422 e. The molecule has 4 rings (SSSR count). The Labute approximate surface area is 175 Å². The van der Waals surface area contributed by atoms with E-state index in [1.54, 1.807) is 55.5 Å². The van der Waals surface area contributed by atoms with E-state index >= 15 is 0 Å². The van der Waals surface area contributed by atoms with Gasteiger partial charge in [-0.25, -0.2) is 0 Å². The molecule has 1 amide bonds. The maximum absolute atomic E-state index is 13.2. The largest absolute Gasteiger partial charge is 0.483 e. The van der Waals surface area contributed by atoms with E-state index in [9.17, 15) is 22.8 Å². The molecule has 0 fully saturated rings. The molecule has 1 aliphatic heterocycles. The van der Waals surface area contributed by atoms with Gasteiger partial charge in [0, 0.05) is 16.6 Å². The lowest BCUT2D eigenvalue weighted by atomic mass is 9.95. The number of carbonyl (C=O) groups excluding carboxylic acids is 1. The summed E-state index contributed by atoms with van der Waals surface area (Å²) in [6.45, 7) is 0.377. The summed E-state index contributed by atoms with van der Waals surface area (Å²) in [5.41, 5.74) is 2.54. The fraction of sp³-hybridized carbons (Fsp3) is 0.217. The number of ether oxygens (including phenoxy) is 1. The van der Waals surface area contributed by atoms with Crippen molar-refractivity contribution in [3.8, 4) is 5.75 Å². The fourth-order valence-electron chi connectivity index (χ4n) is 3.95. The lowest BCUT2D eigenvalue weighted by molar-refractivity contribution is -0.153. The minimum Gasteiger partial charge on any atom is -0.483 e. The van der Waals surface area contributed by atoms with Gasteiger partial charge in [0.15, 0.2) is 6.61 Å². The number of benzene rings is 3. The second-order valence-corrected chi connectivity index (χ2v) is 7.39. The molecule has 5 nitrogen and oxygen atoms in total. The molecule has 0 radical (unpaired) electrons. The van der Waals surface area contributed by atoms with Crippen molar-refractivity contribution in [2.75, 3.05) is 11.5 Å². The Morgan fingerprint density at radius 3 is 2.35 bits per heavy atom. The number of hydrogen-bond acceptors (Lipinski definition) is 3. The molecular weight excluding hydrogens is 411 g/mol. The number of fused-ring (bicyclic) bond motifs is 2. The van der Waals surface area contributed by atoms with Crippen molar-refractivity contribution in [2.24, 2.45) is 0 Å². The first kappa shape index (κ1) is 20.7. The number of hydrogen-bond donors (Lipinski definition) is 1. The Hall–Kier alpha value is -3.55. The SMILES string of the molecule is Cc1c2c(c(OCC(F)(F)F)c3ccccc13)CN(c1ccc(CC(=O)O)cc1)C2=O. The third-order valence-corrected chi connectivity index (χ3v) is 5.29. The topological polar surface area (TPSA) is 66.8 Å². The number of aryl methyl sites for hydroxylation is 1. The van der Waals surface area contributed by atoms with Gasteiger partial charge < -0.3 is 14.7 Å². The molecule has 31 heavy (non-hydrogen) atoms. The summed E-state index contributed by atoms with van der Waals surface area (Å²) >= 11 is 0. The summed E-state index contributed by atoms with van der Waals surface area (Å²) in [6.07, 6.45) is -4.66. The van der Waals surface area contributed by atoms with Gasteiger partial charge in [-0.1, -0.05) is 36.4 Å². The first-order chi connectivity index (χ1) is 14.7. The van der Waals surface area contributed by atoms with Crippen molar-refractivity contribution < 1.29 is 32.6 Å². The van der Waals surface area contributed by atoms with Gasteiger partial charge in [0.1, 0.15) is 5.75 Å². The van der Waals surface area contributed by atoms with Crippen molar-refractivity contribution >= 4 is 28.3 Å². The summed E-state index contributed by atoms with van der Waals surface area (Å²) < 4.78 is 43.8. The van der Waals surface area contributed by atoms with Crippen LogP contribution in [-0.2, 0) is 17.8 Å². The van der Waals surface area contributed by atoms with Crippen LogP contribution in [0.15, 0.2) is 48.5 Å². The highest BCUT2D eigenvalue weighted by atomic mass is 19.4. The molecule has 0 atom stereocenters. The number of halogens is 3. The summed E-state index contributed by atoms with van der Waals surface area (Å²) in [5, 5.41) is 10.1. The number of rotatable bonds is 5. The molecule has 1 heterocycles. The molecule has 3 aromatic rings. The molecule has 160 valence electrons. The number of carboxylic acids is 1. The molecule has 1 N–H and O–H groups in total. The number of alkyl halides is 3. The van der Waals surface area contributed by atoms with Gasteiger partial charge in [-0.05, 0) is 35.6 Å². The summed E-state index contributed by atoms with van der Waals surface area (Å²) in [6, 6.07) is 13.4. The number of anilines is 1. The highest BCUT2D eigenvalue weighted by Crippen LogP contribution is 2.42. The molecule has 0 spiro atoms. The molecule has 0 saturated carbocycles. The first-order valence-corrected chi connectivity index (χ1v) is 9.52. The normalized spacial score (nSPS) is 13.5. The van der Waals surface area contributed by atoms with Crippen LogP contribution < -0.4 is 9.64 Å². The zero-order chi connectivity index (χ0) is 22.3. The number of amides is 1. The average molecular weight is 429 g/mol. The molecule has 0 unspecified atom stereocenters. The van der Waals surface area contributed by atoms with Crippen molar-refractivity contribution in [1.29, 1.82) is 0 Å². The number of aliphatic carboxylic acids is 1. The van der Waals surface area contributed by atoms with E-state index in [1.165, 1.54) is 4.90 Å². The predicted octanol–water partition coefficient (Wildman–Crippen LogP) is 4.88. The minimum atomic E-state index is -4.51. The van der Waals surface area contributed by atoms with Gasteiger partial charge >= 0.3 is 12.1 Å². The van der Waals surface area contributed by atoms with E-state index in [2.05, 4.69) is 0 Å². The van der Waals surface area contributed by atoms with Crippen molar-refractivity contribution in [1.82, 2.24) is 0 Å². The monoisotopic (exact) mass is 429 g/mol. The van der Waals surface area contributed by atoms with Gasteiger partial charge in [-0.2, -0.15) is 13.2 Å². The molecule has 0 saturated heterocycles. The van der Waals surface area contributed by atoms with Crippen LogP contribution in [0.2, 0.25) is 0 Å². The van der Waals surface area contributed by atoms with Crippen LogP contribution in [0.3, 0.4) is 0 Å². The van der Waals surface area contributed by atoms with E-state index in [0.29, 0.717) is 38.7 Å². The standard InChI is InChI=1S/C23H18F3NO4/c1-13-16-4-2-3-5-17(16)21(31-12-23(24,25)26)18-11-27(22(30)20(13)18)15-8-6-14(7-9-15)10-19(28)29/h2-9H,10-12H2,1H3,(H,28,29). The van der Waals surface area contributed by atoms with Crippen molar-refractivity contribution in [3.05, 3.63) is 70.8 Å². The number of carbonyl (C=O) groups is 2. The van der Waals surface area contributed by atoms with E-state index in [1.807, 2.05) is 0 Å². The lowest BCUT2D eigenvalue weighted by Gasteiger charge is -2.17. The molecule has 0 bridgehead atoms. The third kappa shape index (κ3) is 3.93. The van der Waals surface area contributed by atoms with E-state index < -0.39 is 18.8 Å². The zero-order valence-electron chi connectivity index (χ0n) is 16.5. The number of carboxylic acid groups (broad SMARTS) is 1. The van der Waals surface area contributed by atoms with Crippen molar-refractivity contribution in [3.63, 3.8) is 0 Å². The summed E-state index contributed by atoms with van der Waals surface area (Å²) in [7, 11) is 0. The van der Waals surface area contributed by atoms with Gasteiger partial charge in [-0.15, -0.1) is 0 Å². The molecule has 0 aromatic heterocycles. The second kappa shape index (κ2) is 7.61. The van der Waals surface area contributed by atoms with Gasteiger partial charge in [-0.3, -0.25) is 9.59 Å². The van der Waals surface area contributed by atoms with E-state index in [-0.39, 0.29) is 24.6 Å². The molecule has 8 heteroatoms. The Morgan fingerprint density at radius 1 is 1.10 bits per heavy atom. The molecule has 0 aliphatic carbocycles. The number of nitrogens with zero attached hydrogens (tertiary/aromatic N) is 1. The Kier molecular flexibility index (Phi) is 5.08. The van der Waals surface area contributed by atoms with E-state index in [4.69, 9.17) is 9.84 Å². The van der Waals surface area contributed by atoms with Crippen LogP contribution in [0.5, 0.6) is 5.75 Å². The second-order valence-electron chi connectivity index (χ2n) is 7.39. The fourth-order valence-corrected chi connectivity index (χ4v) is 3.95. The van der Waals surface area contributed by atoms with E-state index in [0.717, 1.165) is 0 Å². The maximum Gasteiger partial charge on any atom is 0.422 e. The van der Waals surface area contributed by atoms with Crippen LogP contribution in [0.4, 0.5) is 18.9 Å². The van der Waals surface area contributed by atoms with Crippen LogP contribution >= 0.6 is 0 Å². The minimum absolute atomic E-state index is 0.0608. The Bertz CT molecular complexity index is 1190. The Morgan fingerprint density at radius 2 is 1.74 bits per heavy atom. The van der Waals surface area contributed by atoms with Crippen molar-refractivity contribution in [2.45, 2.75) is 26.1 Å². The third-order valence-electron chi connectivity index (χ3n) is 5.29. The van der Waals surface area contributed by atoms with Crippen LogP contribution in [0.25, 0.3) is 10.8 Å².